The van der Waals surface area contributed by atoms with Crippen LogP contribution in [0.4, 0.5) is 10.1 Å². The van der Waals surface area contributed by atoms with Gasteiger partial charge in [-0.2, -0.15) is 0 Å². The Balaban J connectivity index is 2.14. The van der Waals surface area contributed by atoms with E-state index in [9.17, 15) is 9.18 Å². The van der Waals surface area contributed by atoms with Gasteiger partial charge in [0, 0.05) is 6.54 Å². The molecule has 2 N–H and O–H groups in total. The number of aromatic carboxylic acids is 1. The molecule has 0 radical (unpaired) electrons. The third-order valence-electron chi connectivity index (χ3n) is 3.06. The van der Waals surface area contributed by atoms with Gasteiger partial charge < -0.3 is 10.4 Å². The van der Waals surface area contributed by atoms with Crippen LogP contribution in [-0.2, 0) is 0 Å². The first-order valence-corrected chi connectivity index (χ1v) is 5.35. The van der Waals surface area contributed by atoms with Gasteiger partial charge in [0.05, 0.1) is 11.3 Å². The van der Waals surface area contributed by atoms with Crippen LogP contribution in [0.3, 0.4) is 0 Å². The molecule has 1 saturated carbocycles. The van der Waals surface area contributed by atoms with Crippen molar-refractivity contribution in [2.75, 3.05) is 11.9 Å². The zero-order valence-corrected chi connectivity index (χ0v) is 9.03. The summed E-state index contributed by atoms with van der Waals surface area (Å²) in [5.41, 5.74) is 0.0994. The first-order valence-electron chi connectivity index (χ1n) is 5.35. The number of benzene rings is 1. The molecule has 0 aromatic heterocycles. The number of para-hydroxylation sites is 1. The van der Waals surface area contributed by atoms with Crippen molar-refractivity contribution in [1.82, 2.24) is 0 Å². The molecule has 1 aliphatic carbocycles. The molecule has 4 heteroatoms. The average Bonchev–Trinajstić information content (AvgIpc) is 2.92. The summed E-state index contributed by atoms with van der Waals surface area (Å²) < 4.78 is 13.5. The summed E-state index contributed by atoms with van der Waals surface area (Å²) >= 11 is 0. The van der Waals surface area contributed by atoms with Gasteiger partial charge in [-0.15, -0.1) is 0 Å². The van der Waals surface area contributed by atoms with Crippen molar-refractivity contribution in [2.24, 2.45) is 11.8 Å². The summed E-state index contributed by atoms with van der Waals surface area (Å²) in [6.45, 7) is 2.77. The normalized spacial score (nSPS) is 22.9. The maximum Gasteiger partial charge on any atom is 0.337 e. The van der Waals surface area contributed by atoms with Crippen LogP contribution in [0.1, 0.15) is 23.7 Å². The van der Waals surface area contributed by atoms with Crippen molar-refractivity contribution in [3.05, 3.63) is 29.6 Å². The fourth-order valence-electron chi connectivity index (χ4n) is 1.80. The molecule has 2 unspecified atom stereocenters. The van der Waals surface area contributed by atoms with Gasteiger partial charge in [-0.25, -0.2) is 9.18 Å². The Morgan fingerprint density at radius 1 is 1.62 bits per heavy atom. The highest BCUT2D eigenvalue weighted by molar-refractivity contribution is 5.94. The molecule has 0 bridgehead atoms. The van der Waals surface area contributed by atoms with Crippen molar-refractivity contribution >= 4 is 11.7 Å². The lowest BCUT2D eigenvalue weighted by atomic mass is 10.1. The fraction of sp³-hybridized carbons (Fsp3) is 0.417. The molecular formula is C12H14FNO2. The van der Waals surface area contributed by atoms with E-state index in [0.717, 1.165) is 6.42 Å². The summed E-state index contributed by atoms with van der Waals surface area (Å²) in [6.07, 6.45) is 1.13. The van der Waals surface area contributed by atoms with Crippen LogP contribution < -0.4 is 5.32 Å². The summed E-state index contributed by atoms with van der Waals surface area (Å²) in [5, 5.41) is 11.8. The maximum absolute atomic E-state index is 13.5. The molecule has 2 rings (SSSR count). The van der Waals surface area contributed by atoms with Gasteiger partial charge >= 0.3 is 5.97 Å². The summed E-state index contributed by atoms with van der Waals surface area (Å²) in [5.74, 6) is -0.409. The number of halogens is 1. The van der Waals surface area contributed by atoms with Crippen LogP contribution in [0.2, 0.25) is 0 Å². The molecular weight excluding hydrogens is 209 g/mol. The van der Waals surface area contributed by atoms with Crippen molar-refractivity contribution in [3.63, 3.8) is 0 Å². The number of anilines is 1. The van der Waals surface area contributed by atoms with Gasteiger partial charge in [-0.1, -0.05) is 13.0 Å². The zero-order valence-electron chi connectivity index (χ0n) is 9.03. The third-order valence-corrected chi connectivity index (χ3v) is 3.06. The minimum absolute atomic E-state index is 0.00620. The highest BCUT2D eigenvalue weighted by Gasteiger charge is 2.32. The SMILES string of the molecule is CC1CC1CNc1c(F)cccc1C(=O)O. The van der Waals surface area contributed by atoms with Crippen LogP contribution in [0.25, 0.3) is 0 Å². The molecule has 1 aliphatic rings. The van der Waals surface area contributed by atoms with E-state index in [2.05, 4.69) is 12.2 Å². The molecule has 1 fully saturated rings. The van der Waals surface area contributed by atoms with Crippen LogP contribution in [0, 0.1) is 17.7 Å². The van der Waals surface area contributed by atoms with Crippen LogP contribution in [0.5, 0.6) is 0 Å². The molecule has 3 nitrogen and oxygen atoms in total. The topological polar surface area (TPSA) is 49.3 Å². The van der Waals surface area contributed by atoms with E-state index >= 15 is 0 Å². The molecule has 0 saturated heterocycles. The van der Waals surface area contributed by atoms with Crippen molar-refractivity contribution in [1.29, 1.82) is 0 Å². The van der Waals surface area contributed by atoms with Gasteiger partial charge in [0.25, 0.3) is 0 Å². The van der Waals surface area contributed by atoms with Gasteiger partial charge in [0.15, 0.2) is 0 Å². The molecule has 1 aromatic rings. The second kappa shape index (κ2) is 4.12. The highest BCUT2D eigenvalue weighted by atomic mass is 19.1. The number of hydrogen-bond donors (Lipinski definition) is 2. The van der Waals surface area contributed by atoms with E-state index in [1.807, 2.05) is 0 Å². The Labute approximate surface area is 93.3 Å². The molecule has 2 atom stereocenters. The lowest BCUT2D eigenvalue weighted by Gasteiger charge is -2.09. The average molecular weight is 223 g/mol. The summed E-state index contributed by atoms with van der Waals surface area (Å²) in [6, 6.07) is 4.08. The first-order chi connectivity index (χ1) is 7.59. The molecule has 0 spiro atoms. The van der Waals surface area contributed by atoms with Gasteiger partial charge in [-0.3, -0.25) is 0 Å². The van der Waals surface area contributed by atoms with E-state index in [0.29, 0.717) is 18.4 Å². The second-order valence-corrected chi connectivity index (χ2v) is 4.32. The Hall–Kier alpha value is -1.58. The van der Waals surface area contributed by atoms with Gasteiger partial charge in [0.1, 0.15) is 5.82 Å². The predicted molar refractivity (Wildman–Crippen MR) is 59.1 cm³/mol. The fourth-order valence-corrected chi connectivity index (χ4v) is 1.80. The number of hydrogen-bond acceptors (Lipinski definition) is 2. The van der Waals surface area contributed by atoms with E-state index in [4.69, 9.17) is 5.11 Å². The summed E-state index contributed by atoms with van der Waals surface area (Å²) in [4.78, 5) is 10.9. The lowest BCUT2D eigenvalue weighted by molar-refractivity contribution is 0.0697. The number of carbonyl (C=O) groups is 1. The highest BCUT2D eigenvalue weighted by Crippen LogP contribution is 2.37. The quantitative estimate of drug-likeness (QED) is 0.824. The molecule has 0 aliphatic heterocycles. The lowest BCUT2D eigenvalue weighted by Crippen LogP contribution is -2.11. The van der Waals surface area contributed by atoms with E-state index in [1.54, 1.807) is 0 Å². The van der Waals surface area contributed by atoms with Gasteiger partial charge in [-0.05, 0) is 30.4 Å². The standard InChI is InChI=1S/C12H14FNO2/c1-7-5-8(7)6-14-11-9(12(15)16)3-2-4-10(11)13/h2-4,7-8,14H,5-6H2,1H3,(H,15,16). The molecule has 86 valence electrons. The molecule has 0 heterocycles. The maximum atomic E-state index is 13.5. The van der Waals surface area contributed by atoms with Crippen LogP contribution in [0.15, 0.2) is 18.2 Å². The first kappa shape index (κ1) is 10.9. The van der Waals surface area contributed by atoms with E-state index in [1.165, 1.54) is 18.2 Å². The molecule has 16 heavy (non-hydrogen) atoms. The number of rotatable bonds is 4. The van der Waals surface area contributed by atoms with Crippen molar-refractivity contribution in [3.8, 4) is 0 Å². The van der Waals surface area contributed by atoms with Crippen LogP contribution in [-0.4, -0.2) is 17.6 Å². The minimum atomic E-state index is -1.11. The molecule has 1 aromatic carbocycles. The van der Waals surface area contributed by atoms with Crippen molar-refractivity contribution in [2.45, 2.75) is 13.3 Å². The van der Waals surface area contributed by atoms with Crippen LogP contribution >= 0.6 is 0 Å². The summed E-state index contributed by atoms with van der Waals surface area (Å²) in [7, 11) is 0. The smallest absolute Gasteiger partial charge is 0.337 e. The monoisotopic (exact) mass is 223 g/mol. The van der Waals surface area contributed by atoms with E-state index in [-0.39, 0.29) is 11.3 Å². The van der Waals surface area contributed by atoms with E-state index < -0.39 is 11.8 Å². The zero-order chi connectivity index (χ0) is 11.7. The number of carboxylic acid groups (broad SMARTS) is 1. The minimum Gasteiger partial charge on any atom is -0.478 e. The Bertz CT molecular complexity index is 419. The number of nitrogens with one attached hydrogen (secondary N) is 1. The Kier molecular flexibility index (Phi) is 2.81. The second-order valence-electron chi connectivity index (χ2n) is 4.32. The largest absolute Gasteiger partial charge is 0.478 e. The Morgan fingerprint density at radius 2 is 2.31 bits per heavy atom. The molecule has 0 amide bonds. The predicted octanol–water partition coefficient (Wildman–Crippen LogP) is 2.59. The number of carboxylic acids is 1. The Morgan fingerprint density at radius 3 is 2.88 bits per heavy atom. The van der Waals surface area contributed by atoms with Crippen molar-refractivity contribution < 1.29 is 14.3 Å². The van der Waals surface area contributed by atoms with Gasteiger partial charge in [0.2, 0.25) is 0 Å². The third kappa shape index (κ3) is 2.15.